The first kappa shape index (κ1) is 17.4. The van der Waals surface area contributed by atoms with Gasteiger partial charge in [-0.25, -0.2) is 18.7 Å². The lowest BCUT2D eigenvalue weighted by Gasteiger charge is -2.15. The van der Waals surface area contributed by atoms with Gasteiger partial charge in [-0.05, 0) is 37.1 Å². The van der Waals surface area contributed by atoms with Gasteiger partial charge in [0.05, 0.1) is 24.7 Å². The van der Waals surface area contributed by atoms with Gasteiger partial charge in [0.15, 0.2) is 11.2 Å². The van der Waals surface area contributed by atoms with Crippen LogP contribution in [0.5, 0.6) is 0 Å². The van der Waals surface area contributed by atoms with E-state index in [1.807, 2.05) is 0 Å². The normalized spacial score (nSPS) is 16.9. The van der Waals surface area contributed by atoms with Gasteiger partial charge in [0, 0.05) is 13.2 Å². The Balaban J connectivity index is 2.00. The molecule has 0 spiro atoms. The lowest BCUT2D eigenvalue weighted by atomic mass is 10.2. The van der Waals surface area contributed by atoms with Gasteiger partial charge in [-0.1, -0.05) is 6.08 Å². The average Bonchev–Trinajstić information content (AvgIpc) is 3.31. The number of hydrogen-bond acceptors (Lipinski definition) is 4. The van der Waals surface area contributed by atoms with Crippen molar-refractivity contribution in [1.29, 1.82) is 0 Å². The maximum atomic E-state index is 13.3. The van der Waals surface area contributed by atoms with Crippen molar-refractivity contribution >= 4 is 11.2 Å². The van der Waals surface area contributed by atoms with Gasteiger partial charge in [0.2, 0.25) is 0 Å². The Bertz CT molecular complexity index is 1100. The highest BCUT2D eigenvalue weighted by atomic mass is 19.1. The molecule has 0 bridgehead atoms. The van der Waals surface area contributed by atoms with Crippen molar-refractivity contribution in [1.82, 2.24) is 18.7 Å². The fraction of sp³-hybridized carbons (Fsp3) is 0.316. The quantitative estimate of drug-likeness (QED) is 0.643. The smallest absolute Gasteiger partial charge is 0.337 e. The molecule has 1 saturated heterocycles. The van der Waals surface area contributed by atoms with Crippen molar-refractivity contribution in [3.63, 3.8) is 0 Å². The highest BCUT2D eigenvalue weighted by Gasteiger charge is 2.23. The fourth-order valence-corrected chi connectivity index (χ4v) is 3.43. The van der Waals surface area contributed by atoms with Crippen molar-refractivity contribution in [3.8, 4) is 5.69 Å². The van der Waals surface area contributed by atoms with Gasteiger partial charge in [-0.15, -0.1) is 6.58 Å². The van der Waals surface area contributed by atoms with Gasteiger partial charge in [-0.3, -0.25) is 9.36 Å². The van der Waals surface area contributed by atoms with E-state index >= 15 is 0 Å². The number of rotatable bonds is 5. The molecule has 0 radical (unpaired) electrons. The maximum Gasteiger partial charge on any atom is 0.337 e. The zero-order chi connectivity index (χ0) is 19.0. The first-order valence-electron chi connectivity index (χ1n) is 8.79. The molecule has 1 aromatic carbocycles. The predicted molar refractivity (Wildman–Crippen MR) is 98.7 cm³/mol. The zero-order valence-electron chi connectivity index (χ0n) is 14.7. The van der Waals surface area contributed by atoms with E-state index in [0.29, 0.717) is 24.4 Å². The molecule has 1 fully saturated rings. The van der Waals surface area contributed by atoms with Crippen molar-refractivity contribution < 1.29 is 9.13 Å². The molecule has 1 aliphatic rings. The number of imidazole rings is 1. The molecule has 8 heteroatoms. The van der Waals surface area contributed by atoms with Crippen LogP contribution < -0.4 is 11.2 Å². The second kappa shape index (κ2) is 6.96. The lowest BCUT2D eigenvalue weighted by molar-refractivity contribution is 0.0950. The van der Waals surface area contributed by atoms with Crippen LogP contribution >= 0.6 is 0 Å². The van der Waals surface area contributed by atoms with Crippen molar-refractivity contribution in [3.05, 3.63) is 69.9 Å². The SMILES string of the molecule is C=CCn1cnc2c1c(=O)n(CC1CCCO1)c(=O)n2-c1ccc(F)cc1. The van der Waals surface area contributed by atoms with Crippen LogP contribution in [0.1, 0.15) is 12.8 Å². The molecule has 3 heterocycles. The Morgan fingerprint density at radius 2 is 2.07 bits per heavy atom. The van der Waals surface area contributed by atoms with E-state index in [1.54, 1.807) is 10.6 Å². The predicted octanol–water partition coefficient (Wildman–Crippen LogP) is 1.85. The molecular weight excluding hydrogens is 351 g/mol. The first-order valence-corrected chi connectivity index (χ1v) is 8.79. The van der Waals surface area contributed by atoms with Gasteiger partial charge < -0.3 is 9.30 Å². The monoisotopic (exact) mass is 370 g/mol. The number of aromatic nitrogens is 4. The minimum Gasteiger partial charge on any atom is -0.376 e. The van der Waals surface area contributed by atoms with E-state index in [0.717, 1.165) is 12.8 Å². The molecule has 1 unspecified atom stereocenters. The molecule has 1 aliphatic heterocycles. The van der Waals surface area contributed by atoms with Crippen LogP contribution in [0.2, 0.25) is 0 Å². The lowest BCUT2D eigenvalue weighted by Crippen LogP contribution is -2.42. The Morgan fingerprint density at radius 1 is 1.30 bits per heavy atom. The fourth-order valence-electron chi connectivity index (χ4n) is 3.43. The topological polar surface area (TPSA) is 71.1 Å². The number of allylic oxidation sites excluding steroid dienone is 1. The van der Waals surface area contributed by atoms with Gasteiger partial charge in [0.25, 0.3) is 5.56 Å². The Labute approximate surface area is 153 Å². The molecule has 0 saturated carbocycles. The molecule has 0 N–H and O–H groups in total. The van der Waals surface area contributed by atoms with Crippen LogP contribution in [-0.4, -0.2) is 31.4 Å². The number of halogens is 1. The molecule has 0 amide bonds. The molecular formula is C19H19FN4O3. The van der Waals surface area contributed by atoms with E-state index in [9.17, 15) is 14.0 Å². The highest BCUT2D eigenvalue weighted by Crippen LogP contribution is 2.16. The summed E-state index contributed by atoms with van der Waals surface area (Å²) < 4.78 is 23.1. The molecule has 27 heavy (non-hydrogen) atoms. The van der Waals surface area contributed by atoms with Gasteiger partial charge >= 0.3 is 5.69 Å². The van der Waals surface area contributed by atoms with E-state index in [4.69, 9.17) is 4.74 Å². The van der Waals surface area contributed by atoms with E-state index in [-0.39, 0.29) is 18.3 Å². The number of benzene rings is 1. The third kappa shape index (κ3) is 3.02. The molecule has 140 valence electrons. The standard InChI is InChI=1S/C19H19FN4O3/c1-2-9-22-12-21-17-16(22)18(25)23(11-15-4-3-10-27-15)19(26)24(17)14-7-5-13(20)6-8-14/h2,5-8,12,15H,1,3-4,9-11H2. The summed E-state index contributed by atoms with van der Waals surface area (Å²) in [7, 11) is 0. The van der Waals surface area contributed by atoms with Crippen LogP contribution in [-0.2, 0) is 17.8 Å². The summed E-state index contributed by atoms with van der Waals surface area (Å²) in [6, 6.07) is 5.51. The largest absolute Gasteiger partial charge is 0.376 e. The van der Waals surface area contributed by atoms with Crippen molar-refractivity contribution in [2.45, 2.75) is 32.0 Å². The number of ether oxygens (including phenoxy) is 1. The minimum atomic E-state index is -0.515. The van der Waals surface area contributed by atoms with Crippen LogP contribution in [0.3, 0.4) is 0 Å². The summed E-state index contributed by atoms with van der Waals surface area (Å²) in [6.45, 7) is 4.88. The summed E-state index contributed by atoms with van der Waals surface area (Å²) in [5, 5.41) is 0. The molecule has 4 rings (SSSR count). The van der Waals surface area contributed by atoms with E-state index in [1.165, 1.54) is 39.7 Å². The Morgan fingerprint density at radius 3 is 2.74 bits per heavy atom. The van der Waals surface area contributed by atoms with E-state index < -0.39 is 17.1 Å². The van der Waals surface area contributed by atoms with E-state index in [2.05, 4.69) is 11.6 Å². The van der Waals surface area contributed by atoms with Crippen LogP contribution in [0.15, 0.2) is 52.8 Å². The maximum absolute atomic E-state index is 13.3. The van der Waals surface area contributed by atoms with Gasteiger partial charge in [-0.2, -0.15) is 0 Å². The third-order valence-corrected chi connectivity index (χ3v) is 4.72. The molecule has 7 nitrogen and oxygen atoms in total. The third-order valence-electron chi connectivity index (χ3n) is 4.72. The Kier molecular flexibility index (Phi) is 4.49. The number of hydrogen-bond donors (Lipinski definition) is 0. The summed E-state index contributed by atoms with van der Waals surface area (Å²) in [4.78, 5) is 30.5. The van der Waals surface area contributed by atoms with Crippen LogP contribution in [0, 0.1) is 5.82 Å². The highest BCUT2D eigenvalue weighted by molar-refractivity contribution is 5.72. The Hall–Kier alpha value is -3.00. The van der Waals surface area contributed by atoms with Crippen LogP contribution in [0.4, 0.5) is 4.39 Å². The molecule has 1 atom stereocenters. The molecule has 3 aromatic rings. The summed E-state index contributed by atoms with van der Waals surface area (Å²) in [5.41, 5.74) is 0.0527. The number of fused-ring (bicyclic) bond motifs is 1. The summed E-state index contributed by atoms with van der Waals surface area (Å²) in [6.07, 6.45) is 4.68. The van der Waals surface area contributed by atoms with Gasteiger partial charge in [0.1, 0.15) is 5.82 Å². The second-order valence-electron chi connectivity index (χ2n) is 6.50. The number of nitrogens with zero attached hydrogens (tertiary/aromatic N) is 4. The minimum absolute atomic E-state index is 0.175. The first-order chi connectivity index (χ1) is 13.1. The second-order valence-corrected chi connectivity index (χ2v) is 6.50. The molecule has 0 aliphatic carbocycles. The summed E-state index contributed by atoms with van der Waals surface area (Å²) >= 11 is 0. The molecule has 2 aromatic heterocycles. The zero-order valence-corrected chi connectivity index (χ0v) is 14.7. The summed E-state index contributed by atoms with van der Waals surface area (Å²) in [5.74, 6) is -0.409. The van der Waals surface area contributed by atoms with Crippen LogP contribution in [0.25, 0.3) is 16.9 Å². The van der Waals surface area contributed by atoms with Crippen molar-refractivity contribution in [2.75, 3.05) is 6.61 Å². The van der Waals surface area contributed by atoms with Crippen molar-refractivity contribution in [2.24, 2.45) is 0 Å². The average molecular weight is 370 g/mol.